The van der Waals surface area contributed by atoms with Crippen LogP contribution in [0.4, 0.5) is 0 Å². The molecule has 0 spiro atoms. The van der Waals surface area contributed by atoms with Crippen LogP contribution >= 0.6 is 23.2 Å². The molecule has 0 aliphatic rings. The van der Waals surface area contributed by atoms with Crippen molar-refractivity contribution >= 4 is 35.0 Å². The first-order chi connectivity index (χ1) is 14.5. The van der Waals surface area contributed by atoms with Crippen molar-refractivity contribution in [2.45, 2.75) is 59.2 Å². The molecule has 0 bridgehead atoms. The summed E-state index contributed by atoms with van der Waals surface area (Å²) in [5, 5.41) is 3.79. The zero-order valence-electron chi connectivity index (χ0n) is 18.7. The molecule has 5 nitrogen and oxygen atoms in total. The van der Waals surface area contributed by atoms with Gasteiger partial charge in [0, 0.05) is 17.1 Å². The minimum atomic E-state index is -0.629. The molecule has 1 N–H and O–H groups in total. The van der Waals surface area contributed by atoms with E-state index in [0.29, 0.717) is 28.8 Å². The molecule has 0 fully saturated rings. The van der Waals surface area contributed by atoms with Crippen LogP contribution in [0.2, 0.25) is 10.0 Å². The molecule has 1 unspecified atom stereocenters. The second-order valence-electron chi connectivity index (χ2n) is 8.47. The van der Waals surface area contributed by atoms with E-state index in [4.69, 9.17) is 27.9 Å². The molecule has 0 saturated carbocycles. The SMILES string of the molecule is CCC(C(=O)NC(C)(C)C)N(Cc1ccccc1C)C(=O)COc1ccc(Cl)cc1Cl. The maximum absolute atomic E-state index is 13.2. The van der Waals surface area contributed by atoms with Gasteiger partial charge in [-0.25, -0.2) is 0 Å². The van der Waals surface area contributed by atoms with E-state index >= 15 is 0 Å². The van der Waals surface area contributed by atoms with Gasteiger partial charge in [0.2, 0.25) is 5.91 Å². The van der Waals surface area contributed by atoms with Gasteiger partial charge < -0.3 is 15.0 Å². The van der Waals surface area contributed by atoms with E-state index in [9.17, 15) is 9.59 Å². The van der Waals surface area contributed by atoms with Gasteiger partial charge in [-0.3, -0.25) is 9.59 Å². The first-order valence-corrected chi connectivity index (χ1v) is 11.0. The zero-order chi connectivity index (χ0) is 23.2. The molecule has 0 saturated heterocycles. The fourth-order valence-corrected chi connectivity index (χ4v) is 3.62. The molecule has 7 heteroatoms. The molecule has 0 aliphatic heterocycles. The number of rotatable bonds is 8. The van der Waals surface area contributed by atoms with Crippen LogP contribution in [0.25, 0.3) is 0 Å². The van der Waals surface area contributed by atoms with Crippen LogP contribution in [0, 0.1) is 6.92 Å². The lowest BCUT2D eigenvalue weighted by Crippen LogP contribution is -2.54. The second kappa shape index (κ2) is 10.9. The Bertz CT molecular complexity index is 925. The third-order valence-corrected chi connectivity index (χ3v) is 5.26. The monoisotopic (exact) mass is 464 g/mol. The van der Waals surface area contributed by atoms with Crippen LogP contribution in [0.1, 0.15) is 45.2 Å². The van der Waals surface area contributed by atoms with Crippen molar-refractivity contribution in [3.05, 3.63) is 63.6 Å². The van der Waals surface area contributed by atoms with Crippen molar-refractivity contribution in [3.8, 4) is 5.75 Å². The van der Waals surface area contributed by atoms with E-state index in [0.717, 1.165) is 11.1 Å². The van der Waals surface area contributed by atoms with E-state index in [2.05, 4.69) is 5.32 Å². The van der Waals surface area contributed by atoms with E-state index in [-0.39, 0.29) is 18.4 Å². The van der Waals surface area contributed by atoms with Crippen molar-refractivity contribution in [1.82, 2.24) is 10.2 Å². The van der Waals surface area contributed by atoms with Gasteiger partial charge in [-0.2, -0.15) is 0 Å². The summed E-state index contributed by atoms with van der Waals surface area (Å²) >= 11 is 12.1. The number of amides is 2. The lowest BCUT2D eigenvalue weighted by atomic mass is 10.0. The second-order valence-corrected chi connectivity index (χ2v) is 9.32. The number of aryl methyl sites for hydroxylation is 1. The number of carbonyl (C=O) groups excluding carboxylic acids is 2. The van der Waals surface area contributed by atoms with Crippen LogP contribution in [0.15, 0.2) is 42.5 Å². The van der Waals surface area contributed by atoms with Gasteiger partial charge in [-0.1, -0.05) is 54.4 Å². The predicted molar refractivity (Wildman–Crippen MR) is 126 cm³/mol. The standard InChI is InChI=1S/C24H30Cl2N2O3/c1-6-20(23(30)27-24(3,4)5)28(14-17-10-8-7-9-16(17)2)22(29)15-31-21-12-11-18(25)13-19(21)26/h7-13,20H,6,14-15H2,1-5H3,(H,27,30). The van der Waals surface area contributed by atoms with Gasteiger partial charge in [-0.15, -0.1) is 0 Å². The summed E-state index contributed by atoms with van der Waals surface area (Å²) in [6.45, 7) is 9.68. The minimum absolute atomic E-state index is 0.193. The number of nitrogens with one attached hydrogen (secondary N) is 1. The summed E-state index contributed by atoms with van der Waals surface area (Å²) in [5.41, 5.74) is 1.62. The number of ether oxygens (including phenoxy) is 1. The minimum Gasteiger partial charge on any atom is -0.482 e. The fraction of sp³-hybridized carbons (Fsp3) is 0.417. The van der Waals surface area contributed by atoms with Crippen molar-refractivity contribution in [1.29, 1.82) is 0 Å². The molecule has 0 aliphatic carbocycles. The normalized spacial score (nSPS) is 12.2. The largest absolute Gasteiger partial charge is 0.482 e. The lowest BCUT2D eigenvalue weighted by Gasteiger charge is -2.33. The van der Waals surface area contributed by atoms with Gasteiger partial charge in [0.1, 0.15) is 11.8 Å². The van der Waals surface area contributed by atoms with Gasteiger partial charge in [0.05, 0.1) is 5.02 Å². The quantitative estimate of drug-likeness (QED) is 0.568. The zero-order valence-corrected chi connectivity index (χ0v) is 20.2. The number of hydrogen-bond acceptors (Lipinski definition) is 3. The number of halogens is 2. The number of hydrogen-bond donors (Lipinski definition) is 1. The molecule has 0 aromatic heterocycles. The molecular formula is C24H30Cl2N2O3. The highest BCUT2D eigenvalue weighted by molar-refractivity contribution is 6.35. The Kier molecular flexibility index (Phi) is 8.78. The lowest BCUT2D eigenvalue weighted by molar-refractivity contribution is -0.143. The average molecular weight is 465 g/mol. The predicted octanol–water partition coefficient (Wildman–Crippen LogP) is 5.40. The molecule has 168 valence electrons. The number of carbonyl (C=O) groups is 2. The van der Waals surface area contributed by atoms with Crippen LogP contribution in [0.5, 0.6) is 5.75 Å². The molecule has 2 aromatic rings. The van der Waals surface area contributed by atoms with Gasteiger partial charge in [-0.05, 0) is 63.4 Å². The number of benzene rings is 2. The van der Waals surface area contributed by atoms with Crippen molar-refractivity contribution in [2.24, 2.45) is 0 Å². The smallest absolute Gasteiger partial charge is 0.261 e. The van der Waals surface area contributed by atoms with E-state index < -0.39 is 11.6 Å². The van der Waals surface area contributed by atoms with Crippen molar-refractivity contribution < 1.29 is 14.3 Å². The van der Waals surface area contributed by atoms with Gasteiger partial charge >= 0.3 is 0 Å². The highest BCUT2D eigenvalue weighted by Gasteiger charge is 2.31. The van der Waals surface area contributed by atoms with Gasteiger partial charge in [0.15, 0.2) is 6.61 Å². The third-order valence-electron chi connectivity index (χ3n) is 4.73. The molecule has 0 heterocycles. The van der Waals surface area contributed by atoms with Gasteiger partial charge in [0.25, 0.3) is 5.91 Å². The summed E-state index contributed by atoms with van der Waals surface area (Å²) in [6, 6.07) is 12.0. The highest BCUT2D eigenvalue weighted by Crippen LogP contribution is 2.27. The van der Waals surface area contributed by atoms with Crippen molar-refractivity contribution in [2.75, 3.05) is 6.61 Å². The summed E-state index contributed by atoms with van der Waals surface area (Å²) in [6.07, 6.45) is 0.473. The summed E-state index contributed by atoms with van der Waals surface area (Å²) in [4.78, 5) is 27.8. The fourth-order valence-electron chi connectivity index (χ4n) is 3.16. The van der Waals surface area contributed by atoms with E-state index in [1.54, 1.807) is 23.1 Å². The third kappa shape index (κ3) is 7.44. The molecule has 2 amide bonds. The molecule has 1 atom stereocenters. The Labute approximate surface area is 194 Å². The maximum atomic E-state index is 13.2. The maximum Gasteiger partial charge on any atom is 0.261 e. The van der Waals surface area contributed by atoms with Crippen LogP contribution < -0.4 is 10.1 Å². The first-order valence-electron chi connectivity index (χ1n) is 10.3. The molecule has 31 heavy (non-hydrogen) atoms. The summed E-state index contributed by atoms with van der Waals surface area (Å²) < 4.78 is 5.66. The first kappa shape index (κ1) is 25.0. The Morgan fingerprint density at radius 1 is 1.13 bits per heavy atom. The summed E-state index contributed by atoms with van der Waals surface area (Å²) in [7, 11) is 0. The highest BCUT2D eigenvalue weighted by atomic mass is 35.5. The molecule has 2 aromatic carbocycles. The topological polar surface area (TPSA) is 58.6 Å². The van der Waals surface area contributed by atoms with Crippen molar-refractivity contribution in [3.63, 3.8) is 0 Å². The Balaban J connectivity index is 2.27. The molecule has 0 radical (unpaired) electrons. The van der Waals surface area contributed by atoms with E-state index in [1.807, 2.05) is 58.9 Å². The van der Waals surface area contributed by atoms with E-state index in [1.165, 1.54) is 0 Å². The molecular weight excluding hydrogens is 435 g/mol. The Hall–Kier alpha value is -2.24. The Morgan fingerprint density at radius 3 is 2.39 bits per heavy atom. The van der Waals surface area contributed by atoms with Crippen LogP contribution in [-0.4, -0.2) is 34.9 Å². The molecule has 2 rings (SSSR count). The van der Waals surface area contributed by atoms with Crippen LogP contribution in [0.3, 0.4) is 0 Å². The Morgan fingerprint density at radius 2 is 1.81 bits per heavy atom. The summed E-state index contributed by atoms with van der Waals surface area (Å²) in [5.74, 6) is -0.130. The average Bonchev–Trinajstić information content (AvgIpc) is 2.67. The van der Waals surface area contributed by atoms with Crippen LogP contribution in [-0.2, 0) is 16.1 Å². The number of nitrogens with zero attached hydrogens (tertiary/aromatic N) is 1.